The lowest BCUT2D eigenvalue weighted by Gasteiger charge is -2.40. The summed E-state index contributed by atoms with van der Waals surface area (Å²) in [7, 11) is 0. The Kier molecular flexibility index (Phi) is 45.7. The second-order valence-electron chi connectivity index (χ2n) is 19.4. The number of nitrogens with one attached hydrogen (secondary N) is 1. The molecule has 0 saturated carbocycles. The van der Waals surface area contributed by atoms with Crippen LogP contribution in [0.5, 0.6) is 0 Å². The molecule has 9 nitrogen and oxygen atoms in total. The van der Waals surface area contributed by atoms with E-state index in [1.165, 1.54) is 135 Å². The Morgan fingerprint density at radius 3 is 1.33 bits per heavy atom. The van der Waals surface area contributed by atoms with Crippen LogP contribution >= 0.6 is 0 Å². The third kappa shape index (κ3) is 38.7. The number of carbonyl (C=O) groups is 1. The molecular formula is C60H105NO8. The molecule has 1 saturated heterocycles. The first-order chi connectivity index (χ1) is 33.8. The molecule has 1 amide bonds. The molecule has 6 N–H and O–H groups in total. The van der Waals surface area contributed by atoms with Crippen LogP contribution in [0.4, 0.5) is 0 Å². The van der Waals surface area contributed by atoms with Crippen LogP contribution in [0.25, 0.3) is 0 Å². The summed E-state index contributed by atoms with van der Waals surface area (Å²) < 4.78 is 11.2. The van der Waals surface area contributed by atoms with Crippen molar-refractivity contribution in [2.45, 2.75) is 275 Å². The first-order valence-electron chi connectivity index (χ1n) is 28.3. The van der Waals surface area contributed by atoms with Crippen molar-refractivity contribution in [3.05, 3.63) is 85.1 Å². The number of rotatable bonds is 47. The van der Waals surface area contributed by atoms with Crippen LogP contribution in [0.3, 0.4) is 0 Å². The molecule has 0 aromatic heterocycles. The largest absolute Gasteiger partial charge is 0.394 e. The second-order valence-corrected chi connectivity index (χ2v) is 19.4. The summed E-state index contributed by atoms with van der Waals surface area (Å²) >= 11 is 0. The van der Waals surface area contributed by atoms with E-state index < -0.39 is 49.5 Å². The van der Waals surface area contributed by atoms with Crippen LogP contribution < -0.4 is 5.32 Å². The molecule has 69 heavy (non-hydrogen) atoms. The molecule has 0 aromatic carbocycles. The minimum Gasteiger partial charge on any atom is -0.394 e. The van der Waals surface area contributed by atoms with Crippen LogP contribution in [0.1, 0.15) is 232 Å². The Morgan fingerprint density at radius 1 is 0.507 bits per heavy atom. The fraction of sp³-hybridized carbons (Fsp3) is 0.750. The molecule has 398 valence electrons. The fourth-order valence-corrected chi connectivity index (χ4v) is 8.51. The number of unbranched alkanes of at least 4 members (excludes halogenated alkanes) is 25. The van der Waals surface area contributed by atoms with Gasteiger partial charge in [0.1, 0.15) is 24.4 Å². The zero-order chi connectivity index (χ0) is 50.1. The van der Waals surface area contributed by atoms with Gasteiger partial charge in [-0.1, -0.05) is 240 Å². The molecule has 0 aromatic rings. The third-order valence-electron chi connectivity index (χ3n) is 13.0. The SMILES string of the molecule is CC/C=C\C/C=C\C/C=C\C/C=C\C/C=C\C/C=C\CCCCCCCCCCCCCCCCCCCCC(=O)NC(COC1OC(CO)C(O)C(O)C1O)C(O)/C=C/CCCCCCCCC. The van der Waals surface area contributed by atoms with Crippen molar-refractivity contribution in [1.29, 1.82) is 0 Å². The Labute approximate surface area is 422 Å². The Morgan fingerprint density at radius 2 is 0.899 bits per heavy atom. The average molecular weight is 968 g/mol. The van der Waals surface area contributed by atoms with E-state index in [-0.39, 0.29) is 12.5 Å². The van der Waals surface area contributed by atoms with E-state index in [1.807, 2.05) is 6.08 Å². The molecule has 0 bridgehead atoms. The van der Waals surface area contributed by atoms with Gasteiger partial charge < -0.3 is 40.3 Å². The van der Waals surface area contributed by atoms with Crippen molar-refractivity contribution >= 4 is 5.91 Å². The smallest absolute Gasteiger partial charge is 0.220 e. The first-order valence-corrected chi connectivity index (χ1v) is 28.3. The molecule has 0 spiro atoms. The van der Waals surface area contributed by atoms with Crippen molar-refractivity contribution in [2.24, 2.45) is 0 Å². The van der Waals surface area contributed by atoms with Gasteiger partial charge in [-0.05, 0) is 70.6 Å². The first kappa shape index (κ1) is 64.4. The zero-order valence-electron chi connectivity index (χ0n) is 44.0. The second kappa shape index (κ2) is 49.0. The zero-order valence-corrected chi connectivity index (χ0v) is 44.0. The van der Waals surface area contributed by atoms with Gasteiger partial charge in [-0.2, -0.15) is 0 Å². The van der Waals surface area contributed by atoms with Crippen molar-refractivity contribution in [3.63, 3.8) is 0 Å². The highest BCUT2D eigenvalue weighted by atomic mass is 16.7. The highest BCUT2D eigenvalue weighted by Crippen LogP contribution is 2.23. The Balaban J connectivity index is 2.06. The summed E-state index contributed by atoms with van der Waals surface area (Å²) in [5.74, 6) is -0.180. The van der Waals surface area contributed by atoms with Crippen LogP contribution in [-0.4, -0.2) is 87.5 Å². The van der Waals surface area contributed by atoms with E-state index >= 15 is 0 Å². The minimum absolute atomic E-state index is 0.180. The van der Waals surface area contributed by atoms with Gasteiger partial charge in [0.05, 0.1) is 25.4 Å². The summed E-state index contributed by atoms with van der Waals surface area (Å²) in [5.41, 5.74) is 0. The van der Waals surface area contributed by atoms with Gasteiger partial charge in [0.15, 0.2) is 6.29 Å². The minimum atomic E-state index is -1.57. The van der Waals surface area contributed by atoms with Crippen molar-refractivity contribution < 1.29 is 39.8 Å². The van der Waals surface area contributed by atoms with E-state index in [9.17, 15) is 30.3 Å². The predicted octanol–water partition coefficient (Wildman–Crippen LogP) is 13.8. The van der Waals surface area contributed by atoms with E-state index in [0.717, 1.165) is 77.0 Å². The van der Waals surface area contributed by atoms with Gasteiger partial charge in [-0.3, -0.25) is 4.79 Å². The van der Waals surface area contributed by atoms with Crippen molar-refractivity contribution in [3.8, 4) is 0 Å². The predicted molar refractivity (Wildman–Crippen MR) is 290 cm³/mol. The van der Waals surface area contributed by atoms with E-state index in [1.54, 1.807) is 6.08 Å². The Bertz CT molecular complexity index is 1350. The van der Waals surface area contributed by atoms with Gasteiger partial charge in [-0.25, -0.2) is 0 Å². The fourth-order valence-electron chi connectivity index (χ4n) is 8.51. The summed E-state index contributed by atoms with van der Waals surface area (Å²) in [6.45, 7) is 3.62. The molecule has 7 unspecified atom stereocenters. The van der Waals surface area contributed by atoms with Crippen LogP contribution in [0.2, 0.25) is 0 Å². The molecule has 7 atom stereocenters. The molecule has 9 heteroatoms. The molecule has 0 radical (unpaired) electrons. The number of amides is 1. The normalized spacial score (nSPS) is 20.1. The maximum Gasteiger partial charge on any atom is 0.220 e. The summed E-state index contributed by atoms with van der Waals surface area (Å²) in [6.07, 6.45) is 62.5. The lowest BCUT2D eigenvalue weighted by Crippen LogP contribution is -2.60. The quantitative estimate of drug-likeness (QED) is 0.0261. The van der Waals surface area contributed by atoms with Crippen LogP contribution in [-0.2, 0) is 14.3 Å². The summed E-state index contributed by atoms with van der Waals surface area (Å²) in [6, 6.07) is -0.804. The monoisotopic (exact) mass is 968 g/mol. The van der Waals surface area contributed by atoms with Gasteiger partial charge in [-0.15, -0.1) is 0 Å². The van der Waals surface area contributed by atoms with E-state index in [0.29, 0.717) is 6.42 Å². The summed E-state index contributed by atoms with van der Waals surface area (Å²) in [4.78, 5) is 13.0. The molecule has 1 fully saturated rings. The van der Waals surface area contributed by atoms with Gasteiger partial charge in [0.25, 0.3) is 0 Å². The highest BCUT2D eigenvalue weighted by Gasteiger charge is 2.44. The number of hydrogen-bond acceptors (Lipinski definition) is 8. The number of allylic oxidation sites excluding steroid dienone is 13. The van der Waals surface area contributed by atoms with Crippen molar-refractivity contribution in [2.75, 3.05) is 13.2 Å². The van der Waals surface area contributed by atoms with Crippen LogP contribution in [0.15, 0.2) is 85.1 Å². The molecule has 1 aliphatic rings. The van der Waals surface area contributed by atoms with E-state index in [4.69, 9.17) is 9.47 Å². The average Bonchev–Trinajstić information content (AvgIpc) is 3.35. The number of carbonyl (C=O) groups excluding carboxylic acids is 1. The molecule has 1 heterocycles. The third-order valence-corrected chi connectivity index (χ3v) is 13.0. The lowest BCUT2D eigenvalue weighted by atomic mass is 9.99. The number of aliphatic hydroxyl groups excluding tert-OH is 5. The topological polar surface area (TPSA) is 149 Å². The maximum absolute atomic E-state index is 13.0. The van der Waals surface area contributed by atoms with Gasteiger partial charge in [0, 0.05) is 6.42 Å². The van der Waals surface area contributed by atoms with Gasteiger partial charge in [0.2, 0.25) is 5.91 Å². The molecule has 1 aliphatic heterocycles. The van der Waals surface area contributed by atoms with E-state index in [2.05, 4.69) is 92.1 Å². The number of aliphatic hydroxyl groups is 5. The van der Waals surface area contributed by atoms with Crippen molar-refractivity contribution in [1.82, 2.24) is 5.32 Å². The molecule has 1 rings (SSSR count). The molecule has 0 aliphatic carbocycles. The van der Waals surface area contributed by atoms with Gasteiger partial charge >= 0.3 is 0 Å². The number of hydrogen-bond donors (Lipinski definition) is 6. The highest BCUT2D eigenvalue weighted by molar-refractivity contribution is 5.76. The number of ether oxygens (including phenoxy) is 2. The lowest BCUT2D eigenvalue weighted by molar-refractivity contribution is -0.302. The Hall–Kier alpha value is -2.63. The standard InChI is InChI=1S/C60H105NO8/c1-3-5-7-9-11-13-14-15-16-17-18-19-20-21-22-23-24-25-26-27-28-29-30-31-32-33-34-35-36-37-38-39-40-42-44-46-48-50-56(64)61-53(54(63)49-47-45-43-41-12-10-8-6-4-2)52-68-60-59(67)58(66)57(65)55(51-62)69-60/h5,7,11,13,15-16,18-19,21-22,24-25,47,49,53-55,57-60,62-63,65-67H,3-4,6,8-10,12,14,17,20,23,26-46,48,50-52H2,1-2H3,(H,61,64)/b7-5-,13-11-,16-15-,19-18-,22-21-,25-24-,49-47+. The molecular weight excluding hydrogens is 863 g/mol. The summed E-state index contributed by atoms with van der Waals surface area (Å²) in [5, 5.41) is 54.2. The maximum atomic E-state index is 13.0. The van der Waals surface area contributed by atoms with Crippen LogP contribution in [0, 0.1) is 0 Å².